The lowest BCUT2D eigenvalue weighted by Crippen LogP contribution is -2.17. The van der Waals surface area contributed by atoms with Gasteiger partial charge in [0.15, 0.2) is 0 Å². The molecule has 0 spiro atoms. The lowest BCUT2D eigenvalue weighted by molar-refractivity contribution is 0.0710. The molecule has 27 heavy (non-hydrogen) atoms. The molecule has 1 unspecified atom stereocenters. The summed E-state index contributed by atoms with van der Waals surface area (Å²) in [6.07, 6.45) is 22.1. The molecule has 1 aromatic heterocycles. The Morgan fingerprint density at radius 3 is 2.33 bits per heavy atom. The third-order valence-corrected chi connectivity index (χ3v) is 4.83. The lowest BCUT2D eigenvalue weighted by Gasteiger charge is -2.15. The fourth-order valence-corrected chi connectivity index (χ4v) is 3.20. The van der Waals surface area contributed by atoms with Crippen LogP contribution in [0.4, 0.5) is 0 Å². The van der Waals surface area contributed by atoms with Gasteiger partial charge in [-0.05, 0) is 12.0 Å². The Balaban J connectivity index is 1.65. The standard InChI is InChI=1S/C24H36N2O/c1-2-3-4-5-6-7-8-9-13-20-27-24(21-26-19-18-25-22-26)17-16-23-14-11-10-12-15-23/h10-12,14-19,22,24H,2-9,13,20-21H2,1H3. The summed E-state index contributed by atoms with van der Waals surface area (Å²) in [6, 6.07) is 10.4. The summed E-state index contributed by atoms with van der Waals surface area (Å²) in [4.78, 5) is 4.13. The van der Waals surface area contributed by atoms with Crippen molar-refractivity contribution in [3.8, 4) is 0 Å². The molecule has 0 bridgehead atoms. The minimum absolute atomic E-state index is 0.0773. The van der Waals surface area contributed by atoms with Gasteiger partial charge < -0.3 is 9.30 Å². The van der Waals surface area contributed by atoms with Gasteiger partial charge in [-0.3, -0.25) is 0 Å². The molecular weight excluding hydrogens is 332 g/mol. The van der Waals surface area contributed by atoms with Crippen molar-refractivity contribution in [1.82, 2.24) is 9.55 Å². The Morgan fingerprint density at radius 1 is 0.963 bits per heavy atom. The number of nitrogens with zero attached hydrogens (tertiary/aromatic N) is 2. The topological polar surface area (TPSA) is 27.1 Å². The first-order valence-corrected chi connectivity index (χ1v) is 10.7. The third-order valence-electron chi connectivity index (χ3n) is 4.83. The second kappa shape index (κ2) is 14.2. The number of benzene rings is 1. The minimum atomic E-state index is 0.0773. The Labute approximate surface area is 165 Å². The molecular formula is C24H36N2O. The maximum absolute atomic E-state index is 6.16. The van der Waals surface area contributed by atoms with Gasteiger partial charge in [0.2, 0.25) is 0 Å². The largest absolute Gasteiger partial charge is 0.372 e. The van der Waals surface area contributed by atoms with Gasteiger partial charge in [-0.1, -0.05) is 101 Å². The van der Waals surface area contributed by atoms with Gasteiger partial charge in [0.1, 0.15) is 0 Å². The van der Waals surface area contributed by atoms with Crippen LogP contribution >= 0.6 is 0 Å². The molecule has 0 saturated carbocycles. The molecule has 2 aromatic rings. The zero-order valence-electron chi connectivity index (χ0n) is 16.9. The van der Waals surface area contributed by atoms with E-state index in [1.165, 1.54) is 56.9 Å². The van der Waals surface area contributed by atoms with Crippen LogP contribution in [0.3, 0.4) is 0 Å². The molecule has 0 aliphatic rings. The van der Waals surface area contributed by atoms with Gasteiger partial charge in [0.25, 0.3) is 0 Å². The number of imidazole rings is 1. The first-order chi connectivity index (χ1) is 13.4. The van der Waals surface area contributed by atoms with E-state index in [0.717, 1.165) is 19.6 Å². The number of hydrogen-bond donors (Lipinski definition) is 0. The monoisotopic (exact) mass is 368 g/mol. The summed E-state index contributed by atoms with van der Waals surface area (Å²) < 4.78 is 8.24. The zero-order valence-corrected chi connectivity index (χ0v) is 16.9. The van der Waals surface area contributed by atoms with Crippen LogP contribution in [0, 0.1) is 0 Å². The van der Waals surface area contributed by atoms with Crippen LogP contribution in [0.5, 0.6) is 0 Å². The van der Waals surface area contributed by atoms with E-state index < -0.39 is 0 Å². The number of rotatable bonds is 15. The van der Waals surface area contributed by atoms with Crippen LogP contribution < -0.4 is 0 Å². The SMILES string of the molecule is CCCCCCCCCCCOC(C=Cc1ccccc1)Cn1ccnc1. The molecule has 1 aromatic carbocycles. The second-order valence-corrected chi connectivity index (χ2v) is 7.27. The Hall–Kier alpha value is -1.87. The Kier molecular flexibility index (Phi) is 11.3. The average molecular weight is 369 g/mol. The quantitative estimate of drug-likeness (QED) is 0.335. The summed E-state index contributed by atoms with van der Waals surface area (Å²) in [7, 11) is 0. The minimum Gasteiger partial charge on any atom is -0.372 e. The molecule has 0 radical (unpaired) electrons. The van der Waals surface area contributed by atoms with Crippen LogP contribution in [0.15, 0.2) is 55.1 Å². The van der Waals surface area contributed by atoms with Crippen LogP contribution in [0.1, 0.15) is 70.3 Å². The number of aromatic nitrogens is 2. The Morgan fingerprint density at radius 2 is 1.67 bits per heavy atom. The van der Waals surface area contributed by atoms with Gasteiger partial charge in [-0.25, -0.2) is 4.98 Å². The number of unbranched alkanes of at least 4 members (excludes halogenated alkanes) is 8. The van der Waals surface area contributed by atoms with Gasteiger partial charge in [-0.2, -0.15) is 0 Å². The smallest absolute Gasteiger partial charge is 0.0946 e. The highest BCUT2D eigenvalue weighted by Gasteiger charge is 2.06. The third kappa shape index (κ3) is 10.1. The fraction of sp³-hybridized carbons (Fsp3) is 0.542. The maximum atomic E-state index is 6.16. The molecule has 148 valence electrons. The molecule has 0 amide bonds. The molecule has 0 saturated heterocycles. The second-order valence-electron chi connectivity index (χ2n) is 7.27. The summed E-state index contributed by atoms with van der Waals surface area (Å²) in [5.74, 6) is 0. The first-order valence-electron chi connectivity index (χ1n) is 10.7. The molecule has 3 nitrogen and oxygen atoms in total. The summed E-state index contributed by atoms with van der Waals surface area (Å²) >= 11 is 0. The molecule has 0 N–H and O–H groups in total. The highest BCUT2D eigenvalue weighted by Crippen LogP contribution is 2.11. The van der Waals surface area contributed by atoms with Crippen LogP contribution in [0.2, 0.25) is 0 Å². The zero-order chi connectivity index (χ0) is 19.0. The summed E-state index contributed by atoms with van der Waals surface area (Å²) in [5.41, 5.74) is 1.21. The van der Waals surface area contributed by atoms with Crippen LogP contribution in [-0.2, 0) is 11.3 Å². The van der Waals surface area contributed by atoms with E-state index in [1.807, 2.05) is 24.8 Å². The molecule has 1 atom stereocenters. The molecule has 0 aliphatic carbocycles. The van der Waals surface area contributed by atoms with E-state index in [1.54, 1.807) is 0 Å². The number of ether oxygens (including phenoxy) is 1. The van der Waals surface area contributed by atoms with Gasteiger partial charge >= 0.3 is 0 Å². The van der Waals surface area contributed by atoms with Crippen molar-refractivity contribution < 1.29 is 4.74 Å². The van der Waals surface area contributed by atoms with Crippen LogP contribution in [-0.4, -0.2) is 22.3 Å². The van der Waals surface area contributed by atoms with Gasteiger partial charge in [0.05, 0.1) is 19.0 Å². The van der Waals surface area contributed by atoms with Crippen molar-refractivity contribution in [2.75, 3.05) is 6.61 Å². The van der Waals surface area contributed by atoms with E-state index in [-0.39, 0.29) is 6.10 Å². The highest BCUT2D eigenvalue weighted by molar-refractivity contribution is 5.49. The highest BCUT2D eigenvalue weighted by atomic mass is 16.5. The fourth-order valence-electron chi connectivity index (χ4n) is 3.20. The van der Waals surface area contributed by atoms with Crippen LogP contribution in [0.25, 0.3) is 6.08 Å². The lowest BCUT2D eigenvalue weighted by atomic mass is 10.1. The average Bonchev–Trinajstić information content (AvgIpc) is 3.21. The molecule has 3 heteroatoms. The van der Waals surface area contributed by atoms with Crippen molar-refractivity contribution in [3.05, 3.63) is 60.7 Å². The van der Waals surface area contributed by atoms with Crippen molar-refractivity contribution in [1.29, 1.82) is 0 Å². The van der Waals surface area contributed by atoms with E-state index in [4.69, 9.17) is 4.74 Å². The van der Waals surface area contributed by atoms with E-state index >= 15 is 0 Å². The number of hydrogen-bond acceptors (Lipinski definition) is 2. The predicted molar refractivity (Wildman–Crippen MR) is 115 cm³/mol. The van der Waals surface area contributed by atoms with Crippen molar-refractivity contribution in [2.45, 2.75) is 77.4 Å². The van der Waals surface area contributed by atoms with Crippen molar-refractivity contribution in [2.24, 2.45) is 0 Å². The molecule has 2 rings (SSSR count). The van der Waals surface area contributed by atoms with E-state index in [0.29, 0.717) is 0 Å². The maximum Gasteiger partial charge on any atom is 0.0946 e. The molecule has 0 aliphatic heterocycles. The normalized spacial score (nSPS) is 12.6. The van der Waals surface area contributed by atoms with Gasteiger partial charge in [-0.15, -0.1) is 0 Å². The Bertz CT molecular complexity index is 592. The molecule has 1 heterocycles. The molecule has 0 fully saturated rings. The predicted octanol–water partition coefficient (Wildman–Crippen LogP) is 6.51. The van der Waals surface area contributed by atoms with Crippen molar-refractivity contribution in [3.63, 3.8) is 0 Å². The summed E-state index contributed by atoms with van der Waals surface area (Å²) in [6.45, 7) is 3.91. The van der Waals surface area contributed by atoms with Crippen molar-refractivity contribution >= 4 is 6.08 Å². The summed E-state index contributed by atoms with van der Waals surface area (Å²) in [5, 5.41) is 0. The van der Waals surface area contributed by atoms with Gasteiger partial charge in [0, 0.05) is 19.0 Å². The van der Waals surface area contributed by atoms with E-state index in [2.05, 4.69) is 52.9 Å². The van der Waals surface area contributed by atoms with E-state index in [9.17, 15) is 0 Å². The first kappa shape index (κ1) is 21.4.